The van der Waals surface area contributed by atoms with Crippen LogP contribution in [0.1, 0.15) is 17.3 Å². The molecule has 142 valence electrons. The molecule has 3 heterocycles. The van der Waals surface area contributed by atoms with Crippen molar-refractivity contribution in [3.63, 3.8) is 0 Å². The molecule has 1 aromatic carbocycles. The first-order chi connectivity index (χ1) is 13.6. The van der Waals surface area contributed by atoms with Gasteiger partial charge in [0.05, 0.1) is 6.54 Å². The van der Waals surface area contributed by atoms with Gasteiger partial charge in [0.25, 0.3) is 11.6 Å². The van der Waals surface area contributed by atoms with Crippen molar-refractivity contribution >= 4 is 17.0 Å². The van der Waals surface area contributed by atoms with Crippen LogP contribution in [0.4, 0.5) is 0 Å². The standard InChI is InChI=1S/C20H18N4O4/c1-12-8-9-15(27-12)10-21-16(25)11-26-19-17-18(14-6-4-3-5-7-14)24-28-20(17)23-13(2)22-19/h3-9H,10-11H2,1-2H3,(H,21,25). The van der Waals surface area contributed by atoms with Gasteiger partial charge in [-0.05, 0) is 26.0 Å². The molecule has 0 fully saturated rings. The molecule has 8 heteroatoms. The predicted octanol–water partition coefficient (Wildman–Crippen LogP) is 3.19. The first kappa shape index (κ1) is 17.7. The molecule has 0 aliphatic heterocycles. The van der Waals surface area contributed by atoms with Crippen LogP contribution in [0.5, 0.6) is 5.88 Å². The first-order valence-corrected chi connectivity index (χ1v) is 8.74. The van der Waals surface area contributed by atoms with E-state index in [1.54, 1.807) is 6.92 Å². The molecule has 1 N–H and O–H groups in total. The molecular formula is C20H18N4O4. The molecule has 0 radical (unpaired) electrons. The van der Waals surface area contributed by atoms with E-state index in [1.807, 2.05) is 49.4 Å². The molecule has 0 aliphatic rings. The van der Waals surface area contributed by atoms with Crippen LogP contribution >= 0.6 is 0 Å². The molecule has 0 unspecified atom stereocenters. The Kier molecular flexibility index (Phi) is 4.76. The van der Waals surface area contributed by atoms with Gasteiger partial charge in [-0.25, -0.2) is 0 Å². The quantitative estimate of drug-likeness (QED) is 0.549. The number of carbonyl (C=O) groups excluding carboxylic acids is 1. The molecule has 4 aromatic rings. The number of benzene rings is 1. The monoisotopic (exact) mass is 378 g/mol. The van der Waals surface area contributed by atoms with E-state index in [2.05, 4.69) is 20.4 Å². The Balaban J connectivity index is 1.53. The largest absolute Gasteiger partial charge is 0.467 e. The number of nitrogens with zero attached hydrogens (tertiary/aromatic N) is 3. The third-order valence-electron chi connectivity index (χ3n) is 4.06. The molecular weight excluding hydrogens is 360 g/mol. The van der Waals surface area contributed by atoms with Crippen LogP contribution in [-0.2, 0) is 11.3 Å². The topological polar surface area (TPSA) is 103 Å². The minimum Gasteiger partial charge on any atom is -0.467 e. The van der Waals surface area contributed by atoms with Gasteiger partial charge in [-0.15, -0.1) is 0 Å². The molecule has 0 aliphatic carbocycles. The molecule has 0 bridgehead atoms. The van der Waals surface area contributed by atoms with Crippen molar-refractivity contribution in [2.24, 2.45) is 0 Å². The van der Waals surface area contributed by atoms with Crippen LogP contribution in [0.3, 0.4) is 0 Å². The highest BCUT2D eigenvalue weighted by Crippen LogP contribution is 2.32. The second-order valence-corrected chi connectivity index (χ2v) is 6.23. The number of hydrogen-bond donors (Lipinski definition) is 1. The number of amides is 1. The summed E-state index contributed by atoms with van der Waals surface area (Å²) in [4.78, 5) is 20.7. The summed E-state index contributed by atoms with van der Waals surface area (Å²) >= 11 is 0. The lowest BCUT2D eigenvalue weighted by Gasteiger charge is -2.08. The summed E-state index contributed by atoms with van der Waals surface area (Å²) in [5, 5.41) is 7.38. The number of fused-ring (bicyclic) bond motifs is 1. The van der Waals surface area contributed by atoms with Gasteiger partial charge < -0.3 is 19.0 Å². The smallest absolute Gasteiger partial charge is 0.265 e. The molecule has 0 saturated carbocycles. The molecule has 4 rings (SSSR count). The highest BCUT2D eigenvalue weighted by molar-refractivity contribution is 5.93. The minimum absolute atomic E-state index is 0.204. The van der Waals surface area contributed by atoms with Crippen LogP contribution in [0, 0.1) is 13.8 Å². The van der Waals surface area contributed by atoms with Crippen molar-refractivity contribution in [3.05, 3.63) is 59.8 Å². The van der Waals surface area contributed by atoms with Gasteiger partial charge in [0.15, 0.2) is 6.61 Å². The Morgan fingerprint density at radius 1 is 1.11 bits per heavy atom. The molecule has 0 saturated heterocycles. The van der Waals surface area contributed by atoms with Gasteiger partial charge in [0.1, 0.15) is 28.4 Å². The summed E-state index contributed by atoms with van der Waals surface area (Å²) in [6.45, 7) is 3.65. The molecule has 8 nitrogen and oxygen atoms in total. The molecule has 0 spiro atoms. The molecule has 3 aromatic heterocycles. The number of ether oxygens (including phenoxy) is 1. The van der Waals surface area contributed by atoms with E-state index in [-0.39, 0.29) is 24.9 Å². The van der Waals surface area contributed by atoms with Gasteiger partial charge in [0.2, 0.25) is 5.88 Å². The fourth-order valence-electron chi connectivity index (χ4n) is 2.77. The third kappa shape index (κ3) is 3.71. The molecule has 1 amide bonds. The van der Waals surface area contributed by atoms with Gasteiger partial charge in [-0.1, -0.05) is 35.5 Å². The maximum absolute atomic E-state index is 12.2. The van der Waals surface area contributed by atoms with E-state index in [0.29, 0.717) is 28.4 Å². The number of furan rings is 1. The fraction of sp³-hybridized carbons (Fsp3) is 0.200. The number of hydrogen-bond acceptors (Lipinski definition) is 7. The highest BCUT2D eigenvalue weighted by Gasteiger charge is 2.19. The summed E-state index contributed by atoms with van der Waals surface area (Å²) in [5.41, 5.74) is 1.72. The maximum atomic E-state index is 12.2. The van der Waals surface area contributed by atoms with Crippen molar-refractivity contribution in [2.45, 2.75) is 20.4 Å². The van der Waals surface area contributed by atoms with Gasteiger partial charge >= 0.3 is 0 Å². The SMILES string of the molecule is Cc1nc(OCC(=O)NCc2ccc(C)o2)c2c(-c3ccccc3)noc2n1. The Morgan fingerprint density at radius 2 is 1.93 bits per heavy atom. The average Bonchev–Trinajstić information content (AvgIpc) is 3.31. The second-order valence-electron chi connectivity index (χ2n) is 6.23. The van der Waals surface area contributed by atoms with E-state index in [1.165, 1.54) is 0 Å². The average molecular weight is 378 g/mol. The Morgan fingerprint density at radius 3 is 2.68 bits per heavy atom. The van der Waals surface area contributed by atoms with Crippen LogP contribution in [0.2, 0.25) is 0 Å². The van der Waals surface area contributed by atoms with Gasteiger partial charge in [-0.3, -0.25) is 4.79 Å². The number of nitrogens with one attached hydrogen (secondary N) is 1. The number of carbonyl (C=O) groups is 1. The van der Waals surface area contributed by atoms with Crippen molar-refractivity contribution in [2.75, 3.05) is 6.61 Å². The van der Waals surface area contributed by atoms with E-state index in [9.17, 15) is 4.79 Å². The Hall–Kier alpha value is -3.68. The van der Waals surface area contributed by atoms with Crippen molar-refractivity contribution in [3.8, 4) is 17.1 Å². The Bertz CT molecular complexity index is 1120. The van der Waals surface area contributed by atoms with Crippen LogP contribution in [-0.4, -0.2) is 27.6 Å². The molecule has 0 atom stereocenters. The van der Waals surface area contributed by atoms with E-state index in [4.69, 9.17) is 13.7 Å². The summed E-state index contributed by atoms with van der Waals surface area (Å²) in [6.07, 6.45) is 0. The van der Waals surface area contributed by atoms with E-state index in [0.717, 1.165) is 11.3 Å². The lowest BCUT2D eigenvalue weighted by atomic mass is 10.1. The highest BCUT2D eigenvalue weighted by atomic mass is 16.5. The summed E-state index contributed by atoms with van der Waals surface area (Å²) in [6, 6.07) is 13.2. The van der Waals surface area contributed by atoms with Gasteiger partial charge in [-0.2, -0.15) is 9.97 Å². The van der Waals surface area contributed by atoms with Crippen LogP contribution in [0.15, 0.2) is 51.4 Å². The zero-order valence-electron chi connectivity index (χ0n) is 15.4. The van der Waals surface area contributed by atoms with Crippen LogP contribution < -0.4 is 10.1 Å². The second kappa shape index (κ2) is 7.51. The lowest BCUT2D eigenvalue weighted by Crippen LogP contribution is -2.28. The normalized spacial score (nSPS) is 10.9. The van der Waals surface area contributed by atoms with Gasteiger partial charge in [0, 0.05) is 5.56 Å². The predicted molar refractivity (Wildman–Crippen MR) is 101 cm³/mol. The Labute approximate surface area is 160 Å². The lowest BCUT2D eigenvalue weighted by molar-refractivity contribution is -0.123. The van der Waals surface area contributed by atoms with E-state index >= 15 is 0 Å². The number of aryl methyl sites for hydroxylation is 2. The van der Waals surface area contributed by atoms with Crippen LogP contribution in [0.25, 0.3) is 22.4 Å². The summed E-state index contributed by atoms with van der Waals surface area (Å²) < 4.78 is 16.5. The summed E-state index contributed by atoms with van der Waals surface area (Å²) in [7, 11) is 0. The van der Waals surface area contributed by atoms with E-state index < -0.39 is 0 Å². The third-order valence-corrected chi connectivity index (χ3v) is 4.06. The van der Waals surface area contributed by atoms with Crippen molar-refractivity contribution in [1.29, 1.82) is 0 Å². The zero-order valence-corrected chi connectivity index (χ0v) is 15.4. The molecule has 28 heavy (non-hydrogen) atoms. The number of rotatable bonds is 6. The zero-order chi connectivity index (χ0) is 19.5. The number of aromatic nitrogens is 3. The minimum atomic E-state index is -0.295. The van der Waals surface area contributed by atoms with Crippen molar-refractivity contribution < 1.29 is 18.5 Å². The van der Waals surface area contributed by atoms with Crippen molar-refractivity contribution in [1.82, 2.24) is 20.4 Å². The maximum Gasteiger partial charge on any atom is 0.265 e. The summed E-state index contributed by atoms with van der Waals surface area (Å²) in [5.74, 6) is 1.89. The fourth-order valence-corrected chi connectivity index (χ4v) is 2.77. The first-order valence-electron chi connectivity index (χ1n) is 8.74.